The van der Waals surface area contributed by atoms with Crippen molar-refractivity contribution < 1.29 is 0 Å². The lowest BCUT2D eigenvalue weighted by Gasteiger charge is -2.16. The van der Waals surface area contributed by atoms with Gasteiger partial charge in [0.15, 0.2) is 0 Å². The summed E-state index contributed by atoms with van der Waals surface area (Å²) in [6, 6.07) is 2.74. The molecule has 0 amide bonds. The van der Waals surface area contributed by atoms with Gasteiger partial charge in [0.25, 0.3) is 0 Å². The van der Waals surface area contributed by atoms with Gasteiger partial charge in [-0.1, -0.05) is 33.6 Å². The third-order valence-corrected chi connectivity index (χ3v) is 6.10. The third-order valence-electron chi connectivity index (χ3n) is 2.73. The van der Waals surface area contributed by atoms with Gasteiger partial charge in [0, 0.05) is 15.4 Å². The van der Waals surface area contributed by atoms with Crippen molar-refractivity contribution >= 4 is 43.2 Å². The van der Waals surface area contributed by atoms with Gasteiger partial charge >= 0.3 is 0 Å². The molecule has 0 aromatic carbocycles. The number of rotatable bonds is 7. The lowest BCUT2D eigenvalue weighted by molar-refractivity contribution is 0.459. The van der Waals surface area contributed by atoms with Crippen LogP contribution in [0.1, 0.15) is 51.0 Å². The van der Waals surface area contributed by atoms with Crippen molar-refractivity contribution in [1.29, 1.82) is 0 Å². The van der Waals surface area contributed by atoms with Crippen molar-refractivity contribution in [3.05, 3.63) is 19.2 Å². The second-order valence-corrected chi connectivity index (χ2v) is 7.96. The predicted octanol–water partition coefficient (Wildman–Crippen LogP) is 5.75. The van der Waals surface area contributed by atoms with Crippen molar-refractivity contribution in [2.24, 2.45) is 5.92 Å². The normalized spacial score (nSPS) is 13.3. The molecule has 1 nitrogen and oxygen atoms in total. The van der Waals surface area contributed by atoms with E-state index in [9.17, 15) is 0 Å². The van der Waals surface area contributed by atoms with Gasteiger partial charge in [-0.3, -0.25) is 0 Å². The molecule has 1 rings (SSSR count). The fourth-order valence-corrected chi connectivity index (χ4v) is 4.06. The summed E-state index contributed by atoms with van der Waals surface area (Å²) in [5.41, 5.74) is 0. The van der Waals surface area contributed by atoms with Crippen LogP contribution in [0.25, 0.3) is 0 Å². The first-order valence-electron chi connectivity index (χ1n) is 6.22. The third kappa shape index (κ3) is 5.41. The van der Waals surface area contributed by atoms with Crippen molar-refractivity contribution in [3.63, 3.8) is 0 Å². The minimum atomic E-state index is 0.506. The zero-order chi connectivity index (χ0) is 12.8. The summed E-state index contributed by atoms with van der Waals surface area (Å²) in [7, 11) is 0. The highest BCUT2D eigenvalue weighted by molar-refractivity contribution is 9.13. The molecule has 0 saturated carbocycles. The van der Waals surface area contributed by atoms with E-state index in [1.807, 2.05) is 11.3 Å². The van der Waals surface area contributed by atoms with Gasteiger partial charge in [-0.05, 0) is 56.8 Å². The van der Waals surface area contributed by atoms with Gasteiger partial charge < -0.3 is 5.32 Å². The van der Waals surface area contributed by atoms with Gasteiger partial charge in [-0.2, -0.15) is 0 Å². The van der Waals surface area contributed by atoms with E-state index in [1.165, 1.54) is 32.4 Å². The van der Waals surface area contributed by atoms with Gasteiger partial charge in [-0.25, -0.2) is 0 Å². The van der Waals surface area contributed by atoms with Crippen LogP contribution < -0.4 is 5.32 Å². The Bertz CT molecular complexity index is 317. The molecule has 1 heterocycles. The molecule has 4 heteroatoms. The summed E-state index contributed by atoms with van der Waals surface area (Å²) in [5, 5.41) is 3.58. The Morgan fingerprint density at radius 1 is 1.29 bits per heavy atom. The van der Waals surface area contributed by atoms with Gasteiger partial charge in [0.05, 0.1) is 3.79 Å². The van der Waals surface area contributed by atoms with E-state index in [0.29, 0.717) is 6.04 Å². The lowest BCUT2D eigenvalue weighted by Crippen LogP contribution is -2.20. The zero-order valence-corrected chi connectivity index (χ0v) is 14.7. The van der Waals surface area contributed by atoms with Crippen LogP contribution in [0.15, 0.2) is 14.3 Å². The van der Waals surface area contributed by atoms with Crippen LogP contribution in [0.2, 0.25) is 0 Å². The van der Waals surface area contributed by atoms with E-state index in [1.54, 1.807) is 0 Å². The molecule has 1 N–H and O–H groups in total. The summed E-state index contributed by atoms with van der Waals surface area (Å²) in [6.45, 7) is 7.79. The van der Waals surface area contributed by atoms with Crippen LogP contribution in [0.5, 0.6) is 0 Å². The molecular weight excluding hydrogens is 362 g/mol. The van der Waals surface area contributed by atoms with Crippen molar-refractivity contribution in [2.75, 3.05) is 6.54 Å². The molecule has 1 unspecified atom stereocenters. The van der Waals surface area contributed by atoms with E-state index in [2.05, 4.69) is 64.0 Å². The van der Waals surface area contributed by atoms with Crippen LogP contribution in [0, 0.1) is 5.92 Å². The first-order chi connectivity index (χ1) is 8.04. The fourth-order valence-electron chi connectivity index (χ4n) is 1.86. The Morgan fingerprint density at radius 3 is 2.47 bits per heavy atom. The molecule has 0 fully saturated rings. The molecule has 0 aliphatic heterocycles. The van der Waals surface area contributed by atoms with E-state index >= 15 is 0 Å². The first-order valence-corrected chi connectivity index (χ1v) is 8.63. The highest BCUT2D eigenvalue weighted by Gasteiger charge is 2.14. The monoisotopic (exact) mass is 381 g/mol. The SMILES string of the molecule is CCNC(CCCC(C)C)c1cc(Br)c(Br)s1. The Kier molecular flexibility index (Phi) is 7.31. The number of hydrogen-bond acceptors (Lipinski definition) is 2. The average Bonchev–Trinajstić information content (AvgIpc) is 2.57. The quantitative estimate of drug-likeness (QED) is 0.632. The summed E-state index contributed by atoms with van der Waals surface area (Å²) < 4.78 is 2.36. The maximum atomic E-state index is 3.58. The standard InChI is InChI=1S/C13H21Br2NS/c1-4-16-11(7-5-6-9(2)3)12-8-10(14)13(15)17-12/h8-9,11,16H,4-7H2,1-3H3. The molecule has 0 bridgehead atoms. The number of halogens is 2. The largest absolute Gasteiger partial charge is 0.310 e. The molecule has 0 aliphatic rings. The molecule has 0 aliphatic carbocycles. The van der Waals surface area contributed by atoms with E-state index in [-0.39, 0.29) is 0 Å². The maximum absolute atomic E-state index is 3.58. The average molecular weight is 383 g/mol. The molecule has 1 aromatic heterocycles. The molecule has 17 heavy (non-hydrogen) atoms. The van der Waals surface area contributed by atoms with Crippen LogP contribution in [0.4, 0.5) is 0 Å². The molecule has 0 spiro atoms. The molecule has 1 aromatic rings. The van der Waals surface area contributed by atoms with Crippen molar-refractivity contribution in [1.82, 2.24) is 5.32 Å². The predicted molar refractivity (Wildman–Crippen MR) is 84.8 cm³/mol. The van der Waals surface area contributed by atoms with E-state index < -0.39 is 0 Å². The smallest absolute Gasteiger partial charge is 0.0843 e. The summed E-state index contributed by atoms with van der Waals surface area (Å²) in [4.78, 5) is 1.43. The van der Waals surface area contributed by atoms with E-state index in [4.69, 9.17) is 0 Å². The summed E-state index contributed by atoms with van der Waals surface area (Å²) >= 11 is 8.96. The Labute approximate surface area is 126 Å². The Balaban J connectivity index is 2.58. The fraction of sp³-hybridized carbons (Fsp3) is 0.692. The van der Waals surface area contributed by atoms with Crippen LogP contribution in [-0.2, 0) is 0 Å². The minimum absolute atomic E-state index is 0.506. The zero-order valence-electron chi connectivity index (χ0n) is 10.7. The topological polar surface area (TPSA) is 12.0 Å². The number of nitrogens with one attached hydrogen (secondary N) is 1. The van der Waals surface area contributed by atoms with Gasteiger partial charge in [-0.15, -0.1) is 11.3 Å². The van der Waals surface area contributed by atoms with Crippen molar-refractivity contribution in [3.8, 4) is 0 Å². The molecule has 0 radical (unpaired) electrons. The number of hydrogen-bond donors (Lipinski definition) is 1. The molecular formula is C13H21Br2NS. The maximum Gasteiger partial charge on any atom is 0.0843 e. The van der Waals surface area contributed by atoms with Crippen LogP contribution in [0.3, 0.4) is 0 Å². The minimum Gasteiger partial charge on any atom is -0.310 e. The first kappa shape index (κ1) is 15.7. The summed E-state index contributed by atoms with van der Waals surface area (Å²) in [5.74, 6) is 0.805. The lowest BCUT2D eigenvalue weighted by atomic mass is 10.0. The van der Waals surface area contributed by atoms with E-state index in [0.717, 1.165) is 12.5 Å². The second kappa shape index (κ2) is 7.93. The number of thiophene rings is 1. The molecule has 0 saturated heterocycles. The van der Waals surface area contributed by atoms with Gasteiger partial charge in [0.2, 0.25) is 0 Å². The molecule has 1 atom stereocenters. The van der Waals surface area contributed by atoms with Gasteiger partial charge in [0.1, 0.15) is 0 Å². The second-order valence-electron chi connectivity index (χ2n) is 4.71. The Hall–Kier alpha value is 0.620. The Morgan fingerprint density at radius 2 is 2.00 bits per heavy atom. The van der Waals surface area contributed by atoms with Crippen LogP contribution >= 0.6 is 43.2 Å². The highest BCUT2D eigenvalue weighted by atomic mass is 79.9. The molecule has 98 valence electrons. The summed E-state index contributed by atoms with van der Waals surface area (Å²) in [6.07, 6.45) is 3.84. The van der Waals surface area contributed by atoms with Crippen molar-refractivity contribution in [2.45, 2.75) is 46.1 Å². The van der Waals surface area contributed by atoms with Crippen LogP contribution in [-0.4, -0.2) is 6.54 Å². The highest BCUT2D eigenvalue weighted by Crippen LogP contribution is 2.37.